The summed E-state index contributed by atoms with van der Waals surface area (Å²) < 4.78 is 6.12. The number of hydrogen-bond acceptors (Lipinski definition) is 6. The van der Waals surface area contributed by atoms with Gasteiger partial charge < -0.3 is 20.1 Å². The summed E-state index contributed by atoms with van der Waals surface area (Å²) in [4.78, 5) is 24.8. The molecule has 1 saturated heterocycles. The van der Waals surface area contributed by atoms with E-state index in [0.29, 0.717) is 0 Å². The third kappa shape index (κ3) is 1.26. The Balaban J connectivity index is 2.28. The zero-order valence-corrected chi connectivity index (χ0v) is 8.48. The molecule has 0 radical (unpaired) electrons. The quantitative estimate of drug-likeness (QED) is 0.389. The molecule has 1 fully saturated rings. The molecule has 0 aliphatic carbocycles. The van der Waals surface area contributed by atoms with Crippen molar-refractivity contribution in [3.05, 3.63) is 32.6 Å². The first-order valence-corrected chi connectivity index (χ1v) is 5.06. The van der Waals surface area contributed by atoms with Gasteiger partial charge in [-0.2, -0.15) is 0 Å². The fraction of sp³-hybridized carbons (Fsp3) is 0.556. The summed E-state index contributed by atoms with van der Waals surface area (Å²) in [5.41, 5.74) is -1.40. The average molecular weight is 242 g/mol. The molecule has 0 unspecified atom stereocenters. The molecule has 92 valence electrons. The molecule has 3 heterocycles. The molecule has 2 aliphatic rings. The van der Waals surface area contributed by atoms with Gasteiger partial charge in [0.2, 0.25) is 0 Å². The highest BCUT2D eigenvalue weighted by Gasteiger charge is 2.52. The van der Waals surface area contributed by atoms with E-state index in [1.54, 1.807) is 0 Å². The number of aromatic nitrogens is 2. The maximum atomic E-state index is 11.6. The topological polar surface area (TPSA) is 125 Å². The SMILES string of the molecule is O=c1cc2n(c(=O)[nH]1)[C@@H]1O[C@@H]([C@@H](O)[C@H]1O)[C@H]2O. The Hall–Kier alpha value is -1.48. The second-order valence-electron chi connectivity index (χ2n) is 4.15. The number of aromatic amines is 1. The Morgan fingerprint density at radius 1 is 1.24 bits per heavy atom. The molecule has 17 heavy (non-hydrogen) atoms. The predicted octanol–water partition coefficient (Wildman–Crippen LogP) is -2.80. The van der Waals surface area contributed by atoms with Crippen molar-refractivity contribution in [2.45, 2.75) is 30.6 Å². The van der Waals surface area contributed by atoms with Gasteiger partial charge in [0, 0.05) is 6.07 Å². The minimum Gasteiger partial charge on any atom is -0.387 e. The van der Waals surface area contributed by atoms with E-state index in [0.717, 1.165) is 10.6 Å². The number of rotatable bonds is 0. The van der Waals surface area contributed by atoms with Crippen molar-refractivity contribution in [3.8, 4) is 0 Å². The first-order valence-electron chi connectivity index (χ1n) is 5.06. The van der Waals surface area contributed by atoms with Gasteiger partial charge in [0.05, 0.1) is 5.69 Å². The summed E-state index contributed by atoms with van der Waals surface area (Å²) >= 11 is 0. The lowest BCUT2D eigenvalue weighted by atomic mass is 10.1. The Bertz CT molecular complexity index is 578. The summed E-state index contributed by atoms with van der Waals surface area (Å²) in [7, 11) is 0. The van der Waals surface area contributed by atoms with Crippen LogP contribution >= 0.6 is 0 Å². The van der Waals surface area contributed by atoms with Crippen molar-refractivity contribution in [1.82, 2.24) is 9.55 Å². The van der Waals surface area contributed by atoms with E-state index in [1.165, 1.54) is 0 Å². The fourth-order valence-corrected chi connectivity index (χ4v) is 2.34. The predicted molar refractivity (Wildman–Crippen MR) is 52.2 cm³/mol. The van der Waals surface area contributed by atoms with Crippen molar-refractivity contribution in [3.63, 3.8) is 0 Å². The van der Waals surface area contributed by atoms with E-state index in [4.69, 9.17) is 4.74 Å². The minimum atomic E-state index is -1.33. The van der Waals surface area contributed by atoms with Crippen LogP contribution in [0.5, 0.6) is 0 Å². The summed E-state index contributed by atoms with van der Waals surface area (Å²) in [5.74, 6) is 0. The molecule has 8 nitrogen and oxygen atoms in total. The summed E-state index contributed by atoms with van der Waals surface area (Å²) in [6.45, 7) is 0. The van der Waals surface area contributed by atoms with Gasteiger partial charge in [-0.05, 0) is 0 Å². The van der Waals surface area contributed by atoms with E-state index >= 15 is 0 Å². The number of aliphatic hydroxyl groups is 3. The van der Waals surface area contributed by atoms with Crippen LogP contribution in [0.15, 0.2) is 15.7 Å². The van der Waals surface area contributed by atoms with Crippen LogP contribution < -0.4 is 11.2 Å². The number of nitrogens with one attached hydrogen (secondary N) is 1. The highest BCUT2D eigenvalue weighted by atomic mass is 16.6. The molecular formula is C9H10N2O6. The molecular weight excluding hydrogens is 232 g/mol. The van der Waals surface area contributed by atoms with Gasteiger partial charge in [-0.3, -0.25) is 14.3 Å². The maximum absolute atomic E-state index is 11.6. The molecule has 0 spiro atoms. The Labute approximate surface area is 93.7 Å². The van der Waals surface area contributed by atoms with Crippen LogP contribution in [-0.2, 0) is 4.74 Å². The first kappa shape index (κ1) is 10.7. The van der Waals surface area contributed by atoms with Crippen molar-refractivity contribution in [2.75, 3.05) is 0 Å². The van der Waals surface area contributed by atoms with Crippen LogP contribution in [0.25, 0.3) is 0 Å². The number of ether oxygens (including phenoxy) is 1. The van der Waals surface area contributed by atoms with Gasteiger partial charge in [0.1, 0.15) is 24.4 Å². The fourth-order valence-electron chi connectivity index (χ4n) is 2.34. The van der Waals surface area contributed by atoms with E-state index in [9.17, 15) is 24.9 Å². The molecule has 5 atom stereocenters. The molecule has 2 bridgehead atoms. The number of nitrogens with zero attached hydrogens (tertiary/aromatic N) is 1. The Morgan fingerprint density at radius 2 is 1.94 bits per heavy atom. The first-order chi connectivity index (χ1) is 8.00. The van der Waals surface area contributed by atoms with Crippen LogP contribution in [-0.4, -0.2) is 43.2 Å². The van der Waals surface area contributed by atoms with E-state index in [1.807, 2.05) is 4.98 Å². The number of H-pyrrole nitrogens is 1. The van der Waals surface area contributed by atoms with E-state index in [-0.39, 0.29) is 5.69 Å². The van der Waals surface area contributed by atoms with Crippen molar-refractivity contribution >= 4 is 0 Å². The van der Waals surface area contributed by atoms with Crippen LogP contribution in [0.1, 0.15) is 18.0 Å². The molecule has 0 amide bonds. The summed E-state index contributed by atoms with van der Waals surface area (Å²) in [6, 6.07) is 1.05. The maximum Gasteiger partial charge on any atom is 0.330 e. The standard InChI is InChI=1S/C9H10N2O6/c12-3-1-2-4(13)7-5(14)6(15)8(17-7)11(2)9(16)10-3/h1,4-8,13-15H,(H,10,12,16)/t4-,5-,6+,7+,8+/m0/s1. The molecule has 4 N–H and O–H groups in total. The van der Waals surface area contributed by atoms with Crippen LogP contribution in [0.2, 0.25) is 0 Å². The zero-order valence-electron chi connectivity index (χ0n) is 8.48. The Morgan fingerprint density at radius 3 is 2.65 bits per heavy atom. The molecule has 1 aromatic rings. The zero-order chi connectivity index (χ0) is 12.3. The van der Waals surface area contributed by atoms with Gasteiger partial charge in [0.25, 0.3) is 5.56 Å². The molecule has 3 rings (SSSR count). The molecule has 0 saturated carbocycles. The lowest BCUT2D eigenvalue weighted by Crippen LogP contribution is -2.42. The summed E-state index contributed by atoms with van der Waals surface area (Å²) in [6.07, 6.45) is -6.06. The third-order valence-electron chi connectivity index (χ3n) is 3.15. The minimum absolute atomic E-state index is 0.0376. The van der Waals surface area contributed by atoms with E-state index in [2.05, 4.69) is 0 Å². The van der Waals surface area contributed by atoms with Crippen LogP contribution in [0.4, 0.5) is 0 Å². The smallest absolute Gasteiger partial charge is 0.330 e. The van der Waals surface area contributed by atoms with E-state index < -0.39 is 41.9 Å². The number of aliphatic hydroxyl groups excluding tert-OH is 3. The second-order valence-corrected chi connectivity index (χ2v) is 4.15. The normalized spacial score (nSPS) is 39.1. The molecule has 1 aromatic heterocycles. The summed E-state index contributed by atoms with van der Waals surface area (Å²) in [5, 5.41) is 29.2. The molecule has 2 aliphatic heterocycles. The lowest BCUT2D eigenvalue weighted by molar-refractivity contribution is -0.116. The molecule has 0 aromatic carbocycles. The number of hydrogen-bond donors (Lipinski definition) is 4. The largest absolute Gasteiger partial charge is 0.387 e. The van der Waals surface area contributed by atoms with Crippen molar-refractivity contribution in [1.29, 1.82) is 0 Å². The monoisotopic (exact) mass is 242 g/mol. The van der Waals surface area contributed by atoms with Crippen LogP contribution in [0, 0.1) is 0 Å². The third-order valence-corrected chi connectivity index (χ3v) is 3.15. The molecule has 8 heteroatoms. The van der Waals surface area contributed by atoms with Gasteiger partial charge >= 0.3 is 5.69 Å². The highest BCUT2D eigenvalue weighted by molar-refractivity contribution is 5.15. The van der Waals surface area contributed by atoms with Gasteiger partial charge in [-0.1, -0.05) is 0 Å². The van der Waals surface area contributed by atoms with Gasteiger partial charge in [-0.15, -0.1) is 0 Å². The average Bonchev–Trinajstić information content (AvgIpc) is 2.52. The van der Waals surface area contributed by atoms with Gasteiger partial charge in [-0.25, -0.2) is 4.79 Å². The van der Waals surface area contributed by atoms with Gasteiger partial charge in [0.15, 0.2) is 6.23 Å². The van der Waals surface area contributed by atoms with Crippen molar-refractivity contribution < 1.29 is 20.1 Å². The Kier molecular flexibility index (Phi) is 2.05. The van der Waals surface area contributed by atoms with Crippen LogP contribution in [0.3, 0.4) is 0 Å². The highest BCUT2D eigenvalue weighted by Crippen LogP contribution is 2.40. The lowest BCUT2D eigenvalue weighted by Gasteiger charge is -2.29. The number of fused-ring (bicyclic) bond motifs is 4. The van der Waals surface area contributed by atoms with Crippen molar-refractivity contribution in [2.24, 2.45) is 0 Å². The second kappa shape index (κ2) is 3.26.